The Morgan fingerprint density at radius 1 is 0.972 bits per heavy atom. The molecule has 1 saturated heterocycles. The van der Waals surface area contributed by atoms with E-state index in [0.717, 1.165) is 30.5 Å². The lowest BCUT2D eigenvalue weighted by molar-refractivity contribution is -0.166. The minimum absolute atomic E-state index is 0.0183. The normalized spacial score (nSPS) is 32.4. The molecule has 5 fully saturated rings. The maximum Gasteiger partial charge on any atom is 0.329 e. The van der Waals surface area contributed by atoms with Crippen molar-refractivity contribution in [3.8, 4) is 0 Å². The Morgan fingerprint density at radius 2 is 1.56 bits per heavy atom. The summed E-state index contributed by atoms with van der Waals surface area (Å²) in [6.07, 6.45) is 5.84. The Labute approximate surface area is 213 Å². The number of anilines is 1. The number of likely N-dealkylation sites (tertiary alicyclic amines) is 1. The van der Waals surface area contributed by atoms with Crippen LogP contribution in [0.2, 0.25) is 0 Å². The average Bonchev–Trinajstić information content (AvgIpc) is 3.22. The van der Waals surface area contributed by atoms with E-state index in [9.17, 15) is 19.5 Å². The van der Waals surface area contributed by atoms with Crippen molar-refractivity contribution in [2.45, 2.75) is 63.6 Å². The summed E-state index contributed by atoms with van der Waals surface area (Å²) in [6, 6.07) is 7.11. The maximum atomic E-state index is 13.8. The summed E-state index contributed by atoms with van der Waals surface area (Å²) in [5, 5.41) is 10.4. The fourth-order valence-electron chi connectivity index (χ4n) is 7.54. The van der Waals surface area contributed by atoms with E-state index in [1.807, 2.05) is 43.3 Å². The molecule has 36 heavy (non-hydrogen) atoms. The van der Waals surface area contributed by atoms with Gasteiger partial charge in [-0.3, -0.25) is 9.59 Å². The van der Waals surface area contributed by atoms with Crippen LogP contribution in [0.5, 0.6) is 0 Å². The molecule has 2 amide bonds. The van der Waals surface area contributed by atoms with Crippen molar-refractivity contribution >= 4 is 23.5 Å². The van der Waals surface area contributed by atoms with Crippen LogP contribution in [-0.4, -0.2) is 79.1 Å². The molecule has 0 radical (unpaired) electrons. The highest BCUT2D eigenvalue weighted by Crippen LogP contribution is 2.60. The molecule has 5 aliphatic rings. The molecule has 8 heteroatoms. The van der Waals surface area contributed by atoms with E-state index in [4.69, 9.17) is 4.74 Å². The predicted molar refractivity (Wildman–Crippen MR) is 135 cm³/mol. The van der Waals surface area contributed by atoms with Gasteiger partial charge in [-0.05, 0) is 74.0 Å². The molecular weight excluding hydrogens is 458 g/mol. The first-order chi connectivity index (χ1) is 17.1. The SMILES string of the molecule is CN(Cc1ccc(N(C)C)cc1)C(=O)COC(=O)[C@@H]1CC(O)CN1C(=O)C12CC3CC(CC(C3)C1)C2. The molecule has 1 aromatic carbocycles. The zero-order valence-corrected chi connectivity index (χ0v) is 21.7. The van der Waals surface area contributed by atoms with Crippen LogP contribution in [0.25, 0.3) is 0 Å². The van der Waals surface area contributed by atoms with E-state index in [1.165, 1.54) is 24.2 Å². The molecule has 1 N–H and O–H groups in total. The Balaban J connectivity index is 1.17. The van der Waals surface area contributed by atoms with E-state index in [-0.39, 0.29) is 36.8 Å². The van der Waals surface area contributed by atoms with E-state index >= 15 is 0 Å². The summed E-state index contributed by atoms with van der Waals surface area (Å²) >= 11 is 0. The first kappa shape index (κ1) is 25.1. The quantitative estimate of drug-likeness (QED) is 0.582. The lowest BCUT2D eigenvalue weighted by atomic mass is 9.49. The number of aliphatic hydroxyl groups excluding tert-OH is 1. The first-order valence-corrected chi connectivity index (χ1v) is 13.3. The molecule has 0 spiro atoms. The van der Waals surface area contributed by atoms with Gasteiger partial charge in [-0.15, -0.1) is 0 Å². The molecule has 4 aliphatic carbocycles. The van der Waals surface area contributed by atoms with Gasteiger partial charge in [-0.1, -0.05) is 12.1 Å². The molecule has 4 saturated carbocycles. The molecule has 2 atom stereocenters. The van der Waals surface area contributed by atoms with E-state index in [2.05, 4.69) is 0 Å². The van der Waals surface area contributed by atoms with Crippen LogP contribution in [0.1, 0.15) is 50.5 Å². The molecule has 1 aromatic rings. The van der Waals surface area contributed by atoms with Crippen LogP contribution in [0, 0.1) is 23.2 Å². The van der Waals surface area contributed by atoms with Gasteiger partial charge in [0.2, 0.25) is 5.91 Å². The van der Waals surface area contributed by atoms with Gasteiger partial charge >= 0.3 is 5.97 Å². The standard InChI is InChI=1S/C28H39N3O5/c1-29(2)22-6-4-18(5-7-22)15-30(3)25(33)17-36-26(34)24-11-23(32)16-31(24)27(35)28-12-19-8-20(13-28)10-21(9-19)14-28/h4-7,19-21,23-24,32H,8-17H2,1-3H3/t19?,20?,21?,23?,24-,28?/m0/s1. The molecule has 6 rings (SSSR count). The van der Waals surface area contributed by atoms with Crippen LogP contribution in [0.15, 0.2) is 24.3 Å². The van der Waals surface area contributed by atoms with Crippen molar-refractivity contribution in [2.75, 3.05) is 39.2 Å². The largest absolute Gasteiger partial charge is 0.454 e. The second-order valence-electron chi connectivity index (χ2n) is 12.0. The Bertz CT molecular complexity index is 972. The van der Waals surface area contributed by atoms with Gasteiger partial charge in [0.15, 0.2) is 6.61 Å². The zero-order chi connectivity index (χ0) is 25.6. The van der Waals surface area contributed by atoms with Gasteiger partial charge in [0.1, 0.15) is 6.04 Å². The number of nitrogens with zero attached hydrogens (tertiary/aromatic N) is 3. The number of carbonyl (C=O) groups excluding carboxylic acids is 3. The van der Waals surface area contributed by atoms with Crippen molar-refractivity contribution in [1.82, 2.24) is 9.80 Å². The topological polar surface area (TPSA) is 90.4 Å². The number of carbonyl (C=O) groups is 3. The third-order valence-corrected chi connectivity index (χ3v) is 8.94. The van der Waals surface area contributed by atoms with E-state index in [0.29, 0.717) is 24.3 Å². The Kier molecular flexibility index (Phi) is 6.74. The van der Waals surface area contributed by atoms with Crippen LogP contribution in [-0.2, 0) is 25.7 Å². The van der Waals surface area contributed by atoms with Crippen molar-refractivity contribution in [2.24, 2.45) is 23.2 Å². The number of esters is 1. The van der Waals surface area contributed by atoms with Gasteiger partial charge < -0.3 is 24.5 Å². The number of rotatable bonds is 7. The fourth-order valence-corrected chi connectivity index (χ4v) is 7.54. The summed E-state index contributed by atoms with van der Waals surface area (Å²) in [7, 11) is 5.62. The highest BCUT2D eigenvalue weighted by molar-refractivity contribution is 5.90. The first-order valence-electron chi connectivity index (χ1n) is 13.3. The second kappa shape index (κ2) is 9.69. The molecule has 196 valence electrons. The minimum Gasteiger partial charge on any atom is -0.454 e. The Morgan fingerprint density at radius 3 is 2.11 bits per heavy atom. The van der Waals surface area contributed by atoms with Crippen molar-refractivity contribution in [3.63, 3.8) is 0 Å². The maximum absolute atomic E-state index is 13.8. The second-order valence-corrected chi connectivity index (χ2v) is 12.0. The molecule has 1 unspecified atom stereocenters. The number of amides is 2. The molecule has 8 nitrogen and oxygen atoms in total. The van der Waals surface area contributed by atoms with Gasteiger partial charge in [0.05, 0.1) is 11.5 Å². The number of ether oxygens (including phenoxy) is 1. The third-order valence-electron chi connectivity index (χ3n) is 8.94. The Hall–Kier alpha value is -2.61. The summed E-state index contributed by atoms with van der Waals surface area (Å²) < 4.78 is 5.40. The molecule has 1 aliphatic heterocycles. The average molecular weight is 498 g/mol. The highest BCUT2D eigenvalue weighted by atomic mass is 16.5. The van der Waals surface area contributed by atoms with E-state index in [1.54, 1.807) is 11.9 Å². The number of benzene rings is 1. The zero-order valence-electron chi connectivity index (χ0n) is 21.7. The predicted octanol–water partition coefficient (Wildman–Crippen LogP) is 2.43. The van der Waals surface area contributed by atoms with Gasteiger partial charge in [0.25, 0.3) is 5.91 Å². The third kappa shape index (κ3) is 4.84. The van der Waals surface area contributed by atoms with Gasteiger partial charge in [0, 0.05) is 46.3 Å². The van der Waals surface area contributed by atoms with Gasteiger partial charge in [-0.25, -0.2) is 4.79 Å². The molecule has 0 aromatic heterocycles. The number of β-amino-alcohol motifs (C(OH)–C–C–N with tert-alkyl or cyclic N) is 1. The molecule has 1 heterocycles. The fraction of sp³-hybridized carbons (Fsp3) is 0.679. The van der Waals surface area contributed by atoms with Crippen molar-refractivity contribution < 1.29 is 24.2 Å². The van der Waals surface area contributed by atoms with Crippen molar-refractivity contribution in [3.05, 3.63) is 29.8 Å². The molecule has 4 bridgehead atoms. The summed E-state index contributed by atoms with van der Waals surface area (Å²) in [4.78, 5) is 44.6. The lowest BCUT2D eigenvalue weighted by Gasteiger charge is -2.56. The number of hydrogen-bond acceptors (Lipinski definition) is 6. The smallest absolute Gasteiger partial charge is 0.329 e. The highest BCUT2D eigenvalue weighted by Gasteiger charge is 2.57. The summed E-state index contributed by atoms with van der Waals surface area (Å²) in [6.45, 7) is 0.192. The van der Waals surface area contributed by atoms with E-state index < -0.39 is 18.1 Å². The van der Waals surface area contributed by atoms with Crippen molar-refractivity contribution in [1.29, 1.82) is 0 Å². The van der Waals surface area contributed by atoms with Crippen LogP contribution in [0.4, 0.5) is 5.69 Å². The minimum atomic E-state index is -0.822. The summed E-state index contributed by atoms with van der Waals surface area (Å²) in [5.74, 6) is 0.963. The number of hydrogen-bond donors (Lipinski definition) is 1. The van der Waals surface area contributed by atoms with Crippen LogP contribution >= 0.6 is 0 Å². The number of aliphatic hydroxyl groups is 1. The lowest BCUT2D eigenvalue weighted by Crippen LogP contribution is -2.56. The summed E-state index contributed by atoms with van der Waals surface area (Å²) in [5.41, 5.74) is 1.68. The van der Waals surface area contributed by atoms with Gasteiger partial charge in [-0.2, -0.15) is 0 Å². The monoisotopic (exact) mass is 497 g/mol. The molecular formula is C28H39N3O5. The number of likely N-dealkylation sites (N-methyl/N-ethyl adjacent to an activating group) is 1. The van der Waals surface area contributed by atoms with Crippen LogP contribution in [0.3, 0.4) is 0 Å². The van der Waals surface area contributed by atoms with Crippen LogP contribution < -0.4 is 4.90 Å².